The van der Waals surface area contributed by atoms with Gasteiger partial charge in [-0.1, -0.05) is 0 Å². The molecule has 1 amide bonds. The summed E-state index contributed by atoms with van der Waals surface area (Å²) in [5.74, 6) is -0.299. The number of hydrogen-bond donors (Lipinski definition) is 2. The van der Waals surface area contributed by atoms with E-state index >= 15 is 0 Å². The molecule has 0 spiro atoms. The molecule has 1 aromatic carbocycles. The second-order valence-corrected chi connectivity index (χ2v) is 7.85. The summed E-state index contributed by atoms with van der Waals surface area (Å²) in [5, 5.41) is 6.54. The molecule has 6 nitrogen and oxygen atoms in total. The standard InChI is InChI=1S/C21H31F2N5O/c1-15-5-3-4-11-28(15)20(29)8-10-25-21(24-2)26-17-9-12-27(14-17)19-7-6-16(22)13-18(19)23/h6-7,13,15,17H,3-5,8-12,14H2,1-2H3,(H2,24,25,26). The topological polar surface area (TPSA) is 60.0 Å². The Morgan fingerprint density at radius 1 is 1.24 bits per heavy atom. The Morgan fingerprint density at radius 3 is 2.79 bits per heavy atom. The summed E-state index contributed by atoms with van der Waals surface area (Å²) in [6.45, 7) is 4.77. The van der Waals surface area contributed by atoms with Crippen molar-refractivity contribution in [1.82, 2.24) is 15.5 Å². The lowest BCUT2D eigenvalue weighted by Gasteiger charge is -2.33. The predicted octanol–water partition coefficient (Wildman–Crippen LogP) is 2.50. The van der Waals surface area contributed by atoms with Crippen molar-refractivity contribution in [3.8, 4) is 0 Å². The number of rotatable bonds is 5. The minimum Gasteiger partial charge on any atom is -0.367 e. The Kier molecular flexibility index (Phi) is 7.28. The molecule has 2 N–H and O–H groups in total. The predicted molar refractivity (Wildman–Crippen MR) is 111 cm³/mol. The van der Waals surface area contributed by atoms with Crippen LogP contribution in [0.2, 0.25) is 0 Å². The van der Waals surface area contributed by atoms with Gasteiger partial charge < -0.3 is 20.4 Å². The smallest absolute Gasteiger partial charge is 0.224 e. The number of aliphatic imine (C=N–C) groups is 1. The molecule has 2 fully saturated rings. The summed E-state index contributed by atoms with van der Waals surface area (Å²) >= 11 is 0. The molecule has 2 heterocycles. The summed E-state index contributed by atoms with van der Waals surface area (Å²) in [6, 6.07) is 4.10. The lowest BCUT2D eigenvalue weighted by molar-refractivity contribution is -0.134. The third-order valence-electron chi connectivity index (χ3n) is 5.76. The highest BCUT2D eigenvalue weighted by Crippen LogP contribution is 2.24. The highest BCUT2D eigenvalue weighted by molar-refractivity contribution is 5.81. The fourth-order valence-corrected chi connectivity index (χ4v) is 4.12. The van der Waals surface area contributed by atoms with E-state index in [-0.39, 0.29) is 11.9 Å². The van der Waals surface area contributed by atoms with Gasteiger partial charge in [0.1, 0.15) is 11.6 Å². The Morgan fingerprint density at radius 2 is 2.07 bits per heavy atom. The van der Waals surface area contributed by atoms with Crippen LogP contribution in [0.1, 0.15) is 39.0 Å². The second kappa shape index (κ2) is 9.89. The molecule has 2 aliphatic heterocycles. The summed E-state index contributed by atoms with van der Waals surface area (Å²) in [5.41, 5.74) is 0.417. The molecule has 2 aliphatic rings. The van der Waals surface area contributed by atoms with Crippen molar-refractivity contribution >= 4 is 17.6 Å². The molecular formula is C21H31F2N5O. The summed E-state index contributed by atoms with van der Waals surface area (Å²) in [4.78, 5) is 20.5. The maximum atomic E-state index is 14.0. The van der Waals surface area contributed by atoms with Crippen molar-refractivity contribution in [1.29, 1.82) is 0 Å². The van der Waals surface area contributed by atoms with E-state index in [9.17, 15) is 13.6 Å². The van der Waals surface area contributed by atoms with Gasteiger partial charge in [0, 0.05) is 57.8 Å². The summed E-state index contributed by atoms with van der Waals surface area (Å²) in [6.07, 6.45) is 4.61. The maximum absolute atomic E-state index is 14.0. The van der Waals surface area contributed by atoms with Gasteiger partial charge in [0.05, 0.1) is 5.69 Å². The molecule has 160 valence electrons. The molecule has 0 radical (unpaired) electrons. The van der Waals surface area contributed by atoms with E-state index < -0.39 is 11.6 Å². The van der Waals surface area contributed by atoms with E-state index in [1.54, 1.807) is 7.05 Å². The molecule has 0 bridgehead atoms. The number of hydrogen-bond acceptors (Lipinski definition) is 3. The van der Waals surface area contributed by atoms with E-state index in [0.717, 1.165) is 31.9 Å². The normalized spacial score (nSPS) is 22.7. The van der Waals surface area contributed by atoms with Crippen LogP contribution in [0.5, 0.6) is 0 Å². The zero-order valence-corrected chi connectivity index (χ0v) is 17.3. The van der Waals surface area contributed by atoms with Crippen LogP contribution >= 0.6 is 0 Å². The van der Waals surface area contributed by atoms with Gasteiger partial charge in [-0.3, -0.25) is 9.79 Å². The van der Waals surface area contributed by atoms with Gasteiger partial charge in [-0.2, -0.15) is 0 Å². The number of nitrogens with one attached hydrogen (secondary N) is 2. The van der Waals surface area contributed by atoms with Gasteiger partial charge in [0.15, 0.2) is 5.96 Å². The van der Waals surface area contributed by atoms with E-state index in [0.29, 0.717) is 43.7 Å². The molecular weight excluding hydrogens is 376 g/mol. The maximum Gasteiger partial charge on any atom is 0.224 e. The molecule has 2 unspecified atom stereocenters. The van der Waals surface area contributed by atoms with Crippen LogP contribution in [-0.4, -0.2) is 62.1 Å². The van der Waals surface area contributed by atoms with Crippen LogP contribution in [0.25, 0.3) is 0 Å². The highest BCUT2D eigenvalue weighted by Gasteiger charge is 2.26. The molecule has 3 rings (SSSR count). The Balaban J connectivity index is 1.44. The van der Waals surface area contributed by atoms with Crippen LogP contribution in [0.15, 0.2) is 23.2 Å². The number of guanidine groups is 1. The number of piperidine rings is 1. The molecule has 29 heavy (non-hydrogen) atoms. The van der Waals surface area contributed by atoms with Gasteiger partial charge in [0.2, 0.25) is 5.91 Å². The summed E-state index contributed by atoms with van der Waals surface area (Å²) < 4.78 is 27.1. The molecule has 2 atom stereocenters. The number of likely N-dealkylation sites (tertiary alicyclic amines) is 1. The summed E-state index contributed by atoms with van der Waals surface area (Å²) in [7, 11) is 1.69. The first-order valence-electron chi connectivity index (χ1n) is 10.4. The van der Waals surface area contributed by atoms with E-state index in [4.69, 9.17) is 0 Å². The number of benzene rings is 1. The first kappa shape index (κ1) is 21.3. The zero-order chi connectivity index (χ0) is 20.8. The highest BCUT2D eigenvalue weighted by atomic mass is 19.1. The number of carbonyl (C=O) groups is 1. The van der Waals surface area contributed by atoms with Crippen molar-refractivity contribution in [2.75, 3.05) is 38.1 Å². The minimum absolute atomic E-state index is 0.100. The minimum atomic E-state index is -0.571. The zero-order valence-electron chi connectivity index (χ0n) is 17.3. The van der Waals surface area contributed by atoms with Crippen molar-refractivity contribution in [3.63, 3.8) is 0 Å². The van der Waals surface area contributed by atoms with Gasteiger partial charge in [-0.25, -0.2) is 8.78 Å². The fraction of sp³-hybridized carbons (Fsp3) is 0.619. The number of amides is 1. The van der Waals surface area contributed by atoms with Crippen molar-refractivity contribution < 1.29 is 13.6 Å². The number of nitrogens with zero attached hydrogens (tertiary/aromatic N) is 3. The van der Waals surface area contributed by atoms with Crippen LogP contribution in [0, 0.1) is 11.6 Å². The van der Waals surface area contributed by atoms with E-state index in [1.807, 2.05) is 9.80 Å². The molecule has 0 saturated carbocycles. The number of halogens is 2. The first-order valence-corrected chi connectivity index (χ1v) is 10.4. The van der Waals surface area contributed by atoms with Crippen LogP contribution < -0.4 is 15.5 Å². The van der Waals surface area contributed by atoms with Gasteiger partial charge >= 0.3 is 0 Å². The Labute approximate surface area is 171 Å². The molecule has 8 heteroatoms. The van der Waals surface area contributed by atoms with Crippen LogP contribution in [0.4, 0.5) is 14.5 Å². The van der Waals surface area contributed by atoms with Crippen molar-refractivity contribution in [2.24, 2.45) is 4.99 Å². The third-order valence-corrected chi connectivity index (χ3v) is 5.76. The van der Waals surface area contributed by atoms with Gasteiger partial charge in [-0.05, 0) is 44.7 Å². The van der Waals surface area contributed by atoms with Crippen molar-refractivity contribution in [3.05, 3.63) is 29.8 Å². The molecule has 2 saturated heterocycles. The van der Waals surface area contributed by atoms with E-state index in [2.05, 4.69) is 22.5 Å². The lowest BCUT2D eigenvalue weighted by atomic mass is 10.0. The Bertz CT molecular complexity index is 742. The lowest BCUT2D eigenvalue weighted by Crippen LogP contribution is -2.46. The van der Waals surface area contributed by atoms with Gasteiger partial charge in [0.25, 0.3) is 0 Å². The monoisotopic (exact) mass is 407 g/mol. The van der Waals surface area contributed by atoms with Crippen LogP contribution in [0.3, 0.4) is 0 Å². The molecule has 1 aromatic rings. The second-order valence-electron chi connectivity index (χ2n) is 7.85. The fourth-order valence-electron chi connectivity index (χ4n) is 4.12. The van der Waals surface area contributed by atoms with Gasteiger partial charge in [-0.15, -0.1) is 0 Å². The Hall–Kier alpha value is -2.38. The van der Waals surface area contributed by atoms with Crippen molar-refractivity contribution in [2.45, 2.75) is 51.1 Å². The molecule has 0 aliphatic carbocycles. The first-order chi connectivity index (χ1) is 14.0. The number of anilines is 1. The van der Waals surface area contributed by atoms with E-state index in [1.165, 1.54) is 18.6 Å². The van der Waals surface area contributed by atoms with Crippen LogP contribution in [-0.2, 0) is 4.79 Å². The largest absolute Gasteiger partial charge is 0.367 e. The third kappa shape index (κ3) is 5.58. The number of carbonyl (C=O) groups excluding carboxylic acids is 1. The quantitative estimate of drug-likeness (QED) is 0.582. The average Bonchev–Trinajstić information content (AvgIpc) is 3.15. The molecule has 0 aromatic heterocycles. The average molecular weight is 408 g/mol. The SMILES string of the molecule is CN=C(NCCC(=O)N1CCCCC1C)NC1CCN(c2ccc(F)cc2F)C1.